The Bertz CT molecular complexity index is 450. The first-order chi connectivity index (χ1) is 7.70. The summed E-state index contributed by atoms with van der Waals surface area (Å²) in [5.41, 5.74) is 0.608. The largest absolute Gasteiger partial charge is 0.356 e. The minimum Gasteiger partial charge on any atom is -0.356 e. The van der Waals surface area contributed by atoms with E-state index in [1.807, 2.05) is 0 Å². The fraction of sp³-hybridized carbons (Fsp3) is 0.417. The number of carbonyl (C=O) groups is 1. The second-order valence-electron chi connectivity index (χ2n) is 4.06. The van der Waals surface area contributed by atoms with Gasteiger partial charge in [0.15, 0.2) is 0 Å². The molecule has 4 heteroatoms. The summed E-state index contributed by atoms with van der Waals surface area (Å²) < 4.78 is 0. The van der Waals surface area contributed by atoms with Crippen LogP contribution in [0.25, 0.3) is 0 Å². The standard InChI is InChI=1S/C12H13N3O/c1-9(16)11-3-5-15(8-11)12-6-10(7-13)2-4-14-12/h2,4,6,11H,3,5,8H2,1H3. The van der Waals surface area contributed by atoms with Crippen LogP contribution in [0.2, 0.25) is 0 Å². The van der Waals surface area contributed by atoms with E-state index in [-0.39, 0.29) is 11.7 Å². The molecule has 16 heavy (non-hydrogen) atoms. The molecule has 1 aromatic rings. The number of hydrogen-bond acceptors (Lipinski definition) is 4. The van der Waals surface area contributed by atoms with E-state index in [0.717, 1.165) is 25.3 Å². The van der Waals surface area contributed by atoms with Crippen LogP contribution in [0.5, 0.6) is 0 Å². The highest BCUT2D eigenvalue weighted by Crippen LogP contribution is 2.22. The highest BCUT2D eigenvalue weighted by atomic mass is 16.1. The third-order valence-corrected chi connectivity index (χ3v) is 2.96. The normalized spacial score (nSPS) is 19.5. The van der Waals surface area contributed by atoms with Crippen molar-refractivity contribution < 1.29 is 4.79 Å². The lowest BCUT2D eigenvalue weighted by Crippen LogP contribution is -2.22. The van der Waals surface area contributed by atoms with Gasteiger partial charge in [-0.3, -0.25) is 4.79 Å². The summed E-state index contributed by atoms with van der Waals surface area (Å²) in [5.74, 6) is 1.15. The van der Waals surface area contributed by atoms with Crippen LogP contribution in [-0.2, 0) is 4.79 Å². The fourth-order valence-electron chi connectivity index (χ4n) is 1.96. The van der Waals surface area contributed by atoms with Crippen LogP contribution in [0, 0.1) is 17.2 Å². The van der Waals surface area contributed by atoms with E-state index >= 15 is 0 Å². The van der Waals surface area contributed by atoms with Crippen molar-refractivity contribution in [2.75, 3.05) is 18.0 Å². The molecule has 1 unspecified atom stereocenters. The molecule has 1 aliphatic heterocycles. The molecular formula is C12H13N3O. The van der Waals surface area contributed by atoms with Gasteiger partial charge in [-0.2, -0.15) is 5.26 Å². The predicted molar refractivity (Wildman–Crippen MR) is 60.0 cm³/mol. The van der Waals surface area contributed by atoms with Crippen LogP contribution >= 0.6 is 0 Å². The smallest absolute Gasteiger partial charge is 0.134 e. The number of hydrogen-bond donors (Lipinski definition) is 0. The van der Waals surface area contributed by atoms with Gasteiger partial charge in [0.2, 0.25) is 0 Å². The molecule has 1 saturated heterocycles. The van der Waals surface area contributed by atoms with E-state index in [4.69, 9.17) is 5.26 Å². The number of nitrogens with zero attached hydrogens (tertiary/aromatic N) is 3. The van der Waals surface area contributed by atoms with Gasteiger partial charge in [0, 0.05) is 25.2 Å². The van der Waals surface area contributed by atoms with Gasteiger partial charge in [0.1, 0.15) is 11.6 Å². The number of pyridine rings is 1. The average molecular weight is 215 g/mol. The van der Waals surface area contributed by atoms with Crippen molar-refractivity contribution in [3.63, 3.8) is 0 Å². The Labute approximate surface area is 94.5 Å². The van der Waals surface area contributed by atoms with Gasteiger partial charge in [0.25, 0.3) is 0 Å². The molecule has 4 nitrogen and oxygen atoms in total. The van der Waals surface area contributed by atoms with Gasteiger partial charge in [-0.1, -0.05) is 0 Å². The zero-order valence-electron chi connectivity index (χ0n) is 9.18. The summed E-state index contributed by atoms with van der Waals surface area (Å²) >= 11 is 0. The summed E-state index contributed by atoms with van der Waals surface area (Å²) in [6.45, 7) is 3.19. The molecule has 2 rings (SSSR count). The molecule has 2 heterocycles. The van der Waals surface area contributed by atoms with Crippen molar-refractivity contribution in [1.29, 1.82) is 5.26 Å². The minimum atomic E-state index is 0.118. The zero-order valence-corrected chi connectivity index (χ0v) is 9.18. The van der Waals surface area contributed by atoms with E-state index < -0.39 is 0 Å². The summed E-state index contributed by atoms with van der Waals surface area (Å²) in [6.07, 6.45) is 2.52. The van der Waals surface area contributed by atoms with Crippen LogP contribution in [0.3, 0.4) is 0 Å². The van der Waals surface area contributed by atoms with Crippen LogP contribution < -0.4 is 4.90 Å². The highest BCUT2D eigenvalue weighted by Gasteiger charge is 2.26. The first-order valence-electron chi connectivity index (χ1n) is 5.32. The molecule has 0 N–H and O–H groups in total. The monoisotopic (exact) mass is 215 g/mol. The maximum atomic E-state index is 11.2. The average Bonchev–Trinajstić information content (AvgIpc) is 2.78. The number of Topliss-reactive ketones (excluding diaryl/α,β-unsaturated/α-hetero) is 1. The Morgan fingerprint density at radius 1 is 1.69 bits per heavy atom. The number of ketones is 1. The fourth-order valence-corrected chi connectivity index (χ4v) is 1.96. The first-order valence-corrected chi connectivity index (χ1v) is 5.32. The van der Waals surface area contributed by atoms with E-state index in [0.29, 0.717) is 5.56 Å². The second-order valence-corrected chi connectivity index (χ2v) is 4.06. The first kappa shape index (κ1) is 10.6. The Kier molecular flexibility index (Phi) is 2.86. The van der Waals surface area contributed by atoms with Crippen molar-refractivity contribution >= 4 is 11.6 Å². The van der Waals surface area contributed by atoms with Crippen molar-refractivity contribution in [3.8, 4) is 6.07 Å². The summed E-state index contributed by atoms with van der Waals surface area (Å²) in [6, 6.07) is 5.54. The molecule has 0 aliphatic carbocycles. The molecule has 0 spiro atoms. The van der Waals surface area contributed by atoms with E-state index in [1.54, 1.807) is 25.3 Å². The van der Waals surface area contributed by atoms with Crippen LogP contribution in [0.15, 0.2) is 18.3 Å². The molecule has 0 bridgehead atoms. The van der Waals surface area contributed by atoms with Gasteiger partial charge in [0.05, 0.1) is 11.6 Å². The minimum absolute atomic E-state index is 0.118. The Hall–Kier alpha value is -1.89. The maximum absolute atomic E-state index is 11.2. The lowest BCUT2D eigenvalue weighted by atomic mass is 10.1. The number of nitriles is 1. The third-order valence-electron chi connectivity index (χ3n) is 2.96. The molecular weight excluding hydrogens is 202 g/mol. The summed E-state index contributed by atoms with van der Waals surface area (Å²) in [4.78, 5) is 17.5. The second kappa shape index (κ2) is 4.31. The number of anilines is 1. The molecule has 1 aliphatic rings. The number of aromatic nitrogens is 1. The molecule has 1 fully saturated rings. The predicted octanol–water partition coefficient (Wildman–Crippen LogP) is 1.37. The molecule has 1 atom stereocenters. The van der Waals surface area contributed by atoms with E-state index in [2.05, 4.69) is 16.0 Å². The Morgan fingerprint density at radius 3 is 3.12 bits per heavy atom. The van der Waals surface area contributed by atoms with Gasteiger partial charge in [-0.25, -0.2) is 4.98 Å². The molecule has 0 saturated carbocycles. The van der Waals surface area contributed by atoms with Gasteiger partial charge >= 0.3 is 0 Å². The van der Waals surface area contributed by atoms with Gasteiger partial charge in [-0.15, -0.1) is 0 Å². The maximum Gasteiger partial charge on any atom is 0.134 e. The van der Waals surface area contributed by atoms with Crippen LogP contribution in [0.4, 0.5) is 5.82 Å². The number of rotatable bonds is 2. The molecule has 0 aromatic carbocycles. The topological polar surface area (TPSA) is 57.0 Å². The van der Waals surface area contributed by atoms with Gasteiger partial charge in [-0.05, 0) is 25.5 Å². The van der Waals surface area contributed by atoms with E-state index in [1.165, 1.54) is 0 Å². The molecule has 0 amide bonds. The molecule has 1 aromatic heterocycles. The van der Waals surface area contributed by atoms with Crippen LogP contribution in [-0.4, -0.2) is 23.9 Å². The molecule has 0 radical (unpaired) electrons. The lowest BCUT2D eigenvalue weighted by Gasteiger charge is -2.16. The van der Waals surface area contributed by atoms with Gasteiger partial charge < -0.3 is 4.90 Å². The van der Waals surface area contributed by atoms with Crippen molar-refractivity contribution in [2.45, 2.75) is 13.3 Å². The Morgan fingerprint density at radius 2 is 2.50 bits per heavy atom. The van der Waals surface area contributed by atoms with E-state index in [9.17, 15) is 4.79 Å². The highest BCUT2D eigenvalue weighted by molar-refractivity contribution is 5.79. The van der Waals surface area contributed by atoms with Crippen LogP contribution in [0.1, 0.15) is 18.9 Å². The summed E-state index contributed by atoms with van der Waals surface area (Å²) in [7, 11) is 0. The number of carbonyl (C=O) groups excluding carboxylic acids is 1. The molecule has 82 valence electrons. The zero-order chi connectivity index (χ0) is 11.5. The van der Waals surface area contributed by atoms with Crippen molar-refractivity contribution in [2.24, 2.45) is 5.92 Å². The Balaban J connectivity index is 2.14. The summed E-state index contributed by atoms with van der Waals surface area (Å²) in [5, 5.41) is 8.79. The van der Waals surface area contributed by atoms with Crippen molar-refractivity contribution in [1.82, 2.24) is 4.98 Å². The quantitative estimate of drug-likeness (QED) is 0.747. The third kappa shape index (κ3) is 2.03. The van der Waals surface area contributed by atoms with Crippen molar-refractivity contribution in [3.05, 3.63) is 23.9 Å². The SMILES string of the molecule is CC(=O)C1CCN(c2cc(C#N)ccn2)C1. The lowest BCUT2D eigenvalue weighted by molar-refractivity contribution is -0.120.